The van der Waals surface area contributed by atoms with Gasteiger partial charge < -0.3 is 40.0 Å². The van der Waals surface area contributed by atoms with E-state index in [-0.39, 0.29) is 12.2 Å². The molecule has 3 rings (SSSR count). The Morgan fingerprint density at radius 2 is 1.69 bits per heavy atom. The number of fused-ring (bicyclic) bond motifs is 1. The summed E-state index contributed by atoms with van der Waals surface area (Å²) in [5.74, 6) is -0.937. The molecule has 2 aliphatic rings. The molecule has 0 radical (unpaired) electrons. The monoisotopic (exact) mass is 542 g/mol. The van der Waals surface area contributed by atoms with E-state index in [2.05, 4.69) is 36.2 Å². The van der Waals surface area contributed by atoms with Crippen LogP contribution in [0.4, 0.5) is 26.3 Å². The van der Waals surface area contributed by atoms with Gasteiger partial charge in [0.2, 0.25) is 12.9 Å². The molecule has 0 amide bonds. The molecule has 206 valence electrons. The molecule has 2 heterocycles. The Labute approximate surface area is 196 Å². The highest BCUT2D eigenvalue weighted by molar-refractivity contribution is 5.96. The molecule has 36 heavy (non-hydrogen) atoms. The third kappa shape index (κ3) is 9.04. The largest absolute Gasteiger partial charge is 0.573 e. The van der Waals surface area contributed by atoms with Crippen LogP contribution in [-0.2, 0) is 20.3 Å². The molecule has 11 N–H and O–H groups in total. The van der Waals surface area contributed by atoms with Crippen LogP contribution >= 0.6 is 0 Å². The smallest absolute Gasteiger partial charge is 0.475 e. The first kappa shape index (κ1) is 31.3. The van der Waals surface area contributed by atoms with Gasteiger partial charge in [-0.05, 0) is 18.2 Å². The third-order valence-electron chi connectivity index (χ3n) is 4.07. The predicted octanol–water partition coefficient (Wildman–Crippen LogP) is -1.66. The fourth-order valence-electron chi connectivity index (χ4n) is 2.58. The van der Waals surface area contributed by atoms with Gasteiger partial charge in [0, 0.05) is 18.7 Å². The zero-order chi connectivity index (χ0) is 27.9. The quantitative estimate of drug-likeness (QED) is 0.0907. The number of rotatable bonds is 5. The van der Waals surface area contributed by atoms with Gasteiger partial charge in [-0.3, -0.25) is 4.84 Å². The number of quaternary nitrogens is 1. The molecule has 0 bridgehead atoms. The van der Waals surface area contributed by atoms with Gasteiger partial charge in [0.15, 0.2) is 0 Å². The molecule has 1 saturated heterocycles. The number of nitrogens with one attached hydrogen (secondary N) is 1. The molecule has 1 aromatic rings. The Bertz CT molecular complexity index is 916. The third-order valence-corrected chi connectivity index (χ3v) is 4.07. The van der Waals surface area contributed by atoms with Gasteiger partial charge in [-0.1, -0.05) is 0 Å². The summed E-state index contributed by atoms with van der Waals surface area (Å²) >= 11 is 0. The summed E-state index contributed by atoms with van der Waals surface area (Å²) in [6.45, 7) is 0.628. The molecule has 19 heteroatoms. The van der Waals surface area contributed by atoms with Gasteiger partial charge in [0.05, 0.1) is 17.2 Å². The fourth-order valence-corrected chi connectivity index (χ4v) is 2.58. The van der Waals surface area contributed by atoms with Gasteiger partial charge in [-0.25, -0.2) is 21.8 Å². The Kier molecular flexibility index (Phi) is 10.8. The van der Waals surface area contributed by atoms with Gasteiger partial charge in [0.25, 0.3) is 0 Å². The SMILES string of the molecule is NOCOC(=O)C1=Cc2cc(OC(F)(F)F)cc(C(O)(O)O)c2OC1C(F)(F)F.OC1CNC1.[NH3+]O. The summed E-state index contributed by atoms with van der Waals surface area (Å²) in [4.78, 5) is 15.7. The van der Waals surface area contributed by atoms with E-state index in [0.717, 1.165) is 13.1 Å². The van der Waals surface area contributed by atoms with Crippen molar-refractivity contribution in [2.75, 3.05) is 19.9 Å². The van der Waals surface area contributed by atoms with Crippen LogP contribution in [-0.4, -0.2) is 76.2 Å². The minimum Gasteiger partial charge on any atom is -0.475 e. The Morgan fingerprint density at radius 3 is 2.08 bits per heavy atom. The minimum atomic E-state index is -5.28. The molecular formula is C17H22F6N3O10+. The number of benzene rings is 1. The van der Waals surface area contributed by atoms with E-state index in [1.54, 1.807) is 0 Å². The number of alkyl halides is 6. The Balaban J connectivity index is 0.000000806. The predicted molar refractivity (Wildman–Crippen MR) is 99.7 cm³/mol. The number of ether oxygens (including phenoxy) is 3. The maximum absolute atomic E-state index is 13.3. The number of aliphatic hydroxyl groups is 4. The van der Waals surface area contributed by atoms with Crippen LogP contribution in [0, 0.1) is 0 Å². The van der Waals surface area contributed by atoms with Crippen molar-refractivity contribution in [1.82, 2.24) is 5.32 Å². The number of hydrogen-bond donors (Lipinski definition) is 8. The van der Waals surface area contributed by atoms with E-state index in [9.17, 15) is 46.5 Å². The molecule has 1 fully saturated rings. The lowest BCUT2D eigenvalue weighted by Gasteiger charge is -2.31. The number of halogens is 6. The topological polar surface area (TPSA) is 221 Å². The van der Waals surface area contributed by atoms with E-state index in [0.29, 0.717) is 12.1 Å². The van der Waals surface area contributed by atoms with Crippen LogP contribution in [0.3, 0.4) is 0 Å². The zero-order valence-corrected chi connectivity index (χ0v) is 17.8. The Hall–Kier alpha value is -2.75. The second-order valence-corrected chi connectivity index (χ2v) is 6.74. The zero-order valence-electron chi connectivity index (χ0n) is 17.8. The summed E-state index contributed by atoms with van der Waals surface area (Å²) in [5, 5.41) is 46.0. The van der Waals surface area contributed by atoms with Crippen LogP contribution < -0.4 is 26.6 Å². The number of carbonyl (C=O) groups is 1. The van der Waals surface area contributed by atoms with Crippen molar-refractivity contribution in [3.8, 4) is 11.5 Å². The highest BCUT2D eigenvalue weighted by Crippen LogP contribution is 2.44. The van der Waals surface area contributed by atoms with Crippen LogP contribution in [0.15, 0.2) is 17.7 Å². The summed E-state index contributed by atoms with van der Waals surface area (Å²) in [7, 11) is 0. The molecule has 0 saturated carbocycles. The van der Waals surface area contributed by atoms with Crippen LogP contribution in [0.25, 0.3) is 6.08 Å². The van der Waals surface area contributed by atoms with Crippen molar-refractivity contribution in [3.05, 3.63) is 28.8 Å². The first-order valence-corrected chi connectivity index (χ1v) is 9.28. The number of esters is 1. The van der Waals surface area contributed by atoms with Crippen LogP contribution in [0.2, 0.25) is 0 Å². The normalized spacial score (nSPS) is 17.6. The molecule has 1 unspecified atom stereocenters. The first-order chi connectivity index (χ1) is 16.5. The van der Waals surface area contributed by atoms with E-state index in [1.807, 2.05) is 0 Å². The lowest BCUT2D eigenvalue weighted by Crippen LogP contribution is -2.46. The van der Waals surface area contributed by atoms with Crippen LogP contribution in [0.1, 0.15) is 11.1 Å². The lowest BCUT2D eigenvalue weighted by molar-refractivity contribution is -0.670. The number of carbonyl (C=O) groups excluding carboxylic acids is 1. The van der Waals surface area contributed by atoms with Gasteiger partial charge >= 0.3 is 24.5 Å². The van der Waals surface area contributed by atoms with Crippen molar-refractivity contribution >= 4 is 12.0 Å². The number of aliphatic hydroxyl groups excluding tert-OH is 1. The molecule has 1 atom stereocenters. The molecule has 2 aliphatic heterocycles. The number of hydrogen-bond acceptors (Lipinski definition) is 12. The molecular weight excluding hydrogens is 520 g/mol. The van der Waals surface area contributed by atoms with Crippen molar-refractivity contribution in [2.45, 2.75) is 30.7 Å². The minimum absolute atomic E-state index is 0.0463. The summed E-state index contributed by atoms with van der Waals surface area (Å²) < 4.78 is 89.7. The van der Waals surface area contributed by atoms with Gasteiger partial charge in [0.1, 0.15) is 11.5 Å². The standard InChI is InChI=1S/C14H11F6NO8.C3H7NO.H4NO/c15-12(16,17)10-7(11(22)26-4-27-21)2-5-1-6(29-14(18,19)20)3-8(9(5)28-10)13(23,24)25;5-3-1-4-2-3;1-2/h1-3,10,23-25H,4,21H2;3-5H,1-2H2;2H,1H3/q;;+1. The van der Waals surface area contributed by atoms with Gasteiger partial charge in [-0.15, -0.1) is 13.2 Å². The van der Waals surface area contributed by atoms with Crippen molar-refractivity contribution in [2.24, 2.45) is 5.90 Å². The van der Waals surface area contributed by atoms with E-state index in [4.69, 9.17) is 10.3 Å². The van der Waals surface area contributed by atoms with Crippen molar-refractivity contribution in [1.29, 1.82) is 0 Å². The average molecular weight is 542 g/mol. The number of nitrogens with two attached hydrogens (primary N) is 1. The maximum Gasteiger partial charge on any atom is 0.573 e. The molecule has 1 aromatic carbocycles. The van der Waals surface area contributed by atoms with E-state index in [1.165, 1.54) is 0 Å². The molecule has 0 aliphatic carbocycles. The van der Waals surface area contributed by atoms with Gasteiger partial charge in [-0.2, -0.15) is 13.2 Å². The number of β-amino-alcohol motifs (C(OH)–C–C–N with tert-alkyl or cyclic N) is 1. The van der Waals surface area contributed by atoms with Crippen molar-refractivity contribution in [3.63, 3.8) is 0 Å². The maximum atomic E-state index is 13.3. The first-order valence-electron chi connectivity index (χ1n) is 9.28. The highest BCUT2D eigenvalue weighted by Gasteiger charge is 2.50. The summed E-state index contributed by atoms with van der Waals surface area (Å²) in [5.41, 5.74) is -3.22. The second kappa shape index (κ2) is 12.5. The molecule has 13 nitrogen and oxygen atoms in total. The fraction of sp³-hybridized carbons (Fsp3) is 0.471. The van der Waals surface area contributed by atoms with E-state index < -0.39 is 65.6 Å². The van der Waals surface area contributed by atoms with Crippen molar-refractivity contribution < 1.29 is 81.7 Å². The molecule has 0 spiro atoms. The highest BCUT2D eigenvalue weighted by atomic mass is 19.4. The Morgan fingerprint density at radius 1 is 1.14 bits per heavy atom. The lowest BCUT2D eigenvalue weighted by atomic mass is 9.97. The van der Waals surface area contributed by atoms with Crippen LogP contribution in [0.5, 0.6) is 11.5 Å². The second-order valence-electron chi connectivity index (χ2n) is 6.74. The van der Waals surface area contributed by atoms with E-state index >= 15 is 0 Å². The summed E-state index contributed by atoms with van der Waals surface area (Å²) in [6.07, 6.45) is -13.2. The average Bonchev–Trinajstić information content (AvgIpc) is 2.74. The molecule has 0 aromatic heterocycles. The summed E-state index contributed by atoms with van der Waals surface area (Å²) in [6, 6.07) is 0.677.